The standard InChI is InChI=1S/C29H45N2P/c1-3-4-5-14-23-31(2)29(28-22-21-24-15-12-13-20-27(24)30-28)32(25-16-8-6-9-17-25)26-18-10-7-11-19-26/h12-13,15,20-22,25-26,29H,3-11,14,16-19,23H2,1-2H3. The fraction of sp³-hybridized carbons (Fsp3) is 0.690. The Bertz CT molecular complexity index is 792. The van der Waals surface area contributed by atoms with Crippen molar-refractivity contribution < 1.29 is 0 Å². The second kappa shape index (κ2) is 12.5. The first kappa shape index (κ1) is 24.2. The van der Waals surface area contributed by atoms with E-state index in [1.807, 2.05) is 0 Å². The predicted molar refractivity (Wildman–Crippen MR) is 142 cm³/mol. The smallest absolute Gasteiger partial charge is 0.0723 e. The molecule has 0 saturated heterocycles. The lowest BCUT2D eigenvalue weighted by molar-refractivity contribution is 0.295. The number of unbranched alkanes of at least 4 members (excludes halogenated alkanes) is 3. The third kappa shape index (κ3) is 6.12. The molecule has 0 aliphatic heterocycles. The van der Waals surface area contributed by atoms with E-state index in [2.05, 4.69) is 55.3 Å². The Morgan fingerprint density at radius 1 is 0.844 bits per heavy atom. The maximum absolute atomic E-state index is 5.33. The summed E-state index contributed by atoms with van der Waals surface area (Å²) in [5.41, 5.74) is 4.43. The molecule has 2 fully saturated rings. The molecule has 0 spiro atoms. The highest BCUT2D eigenvalue weighted by atomic mass is 31.1. The first-order valence-corrected chi connectivity index (χ1v) is 15.2. The summed E-state index contributed by atoms with van der Waals surface area (Å²) >= 11 is 0. The normalized spacial score (nSPS) is 19.8. The van der Waals surface area contributed by atoms with Gasteiger partial charge in [-0.2, -0.15) is 0 Å². The van der Waals surface area contributed by atoms with E-state index in [0.717, 1.165) is 11.3 Å². The number of aromatic nitrogens is 1. The number of para-hydroxylation sites is 1. The number of hydrogen-bond acceptors (Lipinski definition) is 2. The van der Waals surface area contributed by atoms with Crippen LogP contribution in [-0.4, -0.2) is 34.8 Å². The summed E-state index contributed by atoms with van der Waals surface area (Å²) in [6.45, 7) is 3.54. The molecule has 1 unspecified atom stereocenters. The average molecular weight is 453 g/mol. The van der Waals surface area contributed by atoms with Crippen LogP contribution in [0.15, 0.2) is 36.4 Å². The van der Waals surface area contributed by atoms with Gasteiger partial charge in [0.2, 0.25) is 0 Å². The number of rotatable bonds is 10. The summed E-state index contributed by atoms with van der Waals surface area (Å²) in [6.07, 6.45) is 20.0. The van der Waals surface area contributed by atoms with E-state index < -0.39 is 0 Å². The van der Waals surface area contributed by atoms with Gasteiger partial charge in [-0.25, -0.2) is 0 Å². The van der Waals surface area contributed by atoms with Gasteiger partial charge in [0.05, 0.1) is 17.0 Å². The van der Waals surface area contributed by atoms with Crippen molar-refractivity contribution in [3.63, 3.8) is 0 Å². The van der Waals surface area contributed by atoms with Crippen molar-refractivity contribution in [3.8, 4) is 0 Å². The largest absolute Gasteiger partial charge is 0.294 e. The van der Waals surface area contributed by atoms with Crippen LogP contribution in [0.3, 0.4) is 0 Å². The van der Waals surface area contributed by atoms with Crippen molar-refractivity contribution in [2.24, 2.45) is 0 Å². The van der Waals surface area contributed by atoms with Gasteiger partial charge in [0.25, 0.3) is 0 Å². The molecule has 2 aliphatic carbocycles. The van der Waals surface area contributed by atoms with Crippen LogP contribution in [0.5, 0.6) is 0 Å². The fourth-order valence-corrected chi connectivity index (χ4v) is 10.5. The molecule has 4 rings (SSSR count). The van der Waals surface area contributed by atoms with Crippen molar-refractivity contribution in [1.29, 1.82) is 0 Å². The van der Waals surface area contributed by atoms with Gasteiger partial charge in [0.1, 0.15) is 0 Å². The second-order valence-corrected chi connectivity index (χ2v) is 13.2. The van der Waals surface area contributed by atoms with Gasteiger partial charge >= 0.3 is 0 Å². The van der Waals surface area contributed by atoms with E-state index in [1.165, 1.54) is 113 Å². The number of nitrogens with zero attached hydrogens (tertiary/aromatic N) is 2. The van der Waals surface area contributed by atoms with E-state index in [-0.39, 0.29) is 7.92 Å². The molecule has 1 aromatic carbocycles. The summed E-state index contributed by atoms with van der Waals surface area (Å²) < 4.78 is 0. The minimum Gasteiger partial charge on any atom is -0.294 e. The van der Waals surface area contributed by atoms with Crippen LogP contribution in [0.2, 0.25) is 0 Å². The maximum atomic E-state index is 5.33. The molecule has 0 radical (unpaired) electrons. The van der Waals surface area contributed by atoms with Gasteiger partial charge in [-0.1, -0.05) is 96.9 Å². The van der Waals surface area contributed by atoms with E-state index in [9.17, 15) is 0 Å². The minimum atomic E-state index is -0.0925. The highest BCUT2D eigenvalue weighted by molar-refractivity contribution is 7.59. The van der Waals surface area contributed by atoms with Gasteiger partial charge in [0, 0.05) is 5.39 Å². The molecule has 2 nitrogen and oxygen atoms in total. The number of pyridine rings is 1. The Morgan fingerprint density at radius 3 is 2.16 bits per heavy atom. The van der Waals surface area contributed by atoms with Crippen molar-refractivity contribution in [3.05, 3.63) is 42.1 Å². The first-order valence-electron chi connectivity index (χ1n) is 13.6. The molecule has 176 valence electrons. The van der Waals surface area contributed by atoms with E-state index >= 15 is 0 Å². The van der Waals surface area contributed by atoms with Crippen LogP contribution in [0.1, 0.15) is 108 Å². The third-order valence-electron chi connectivity index (χ3n) is 7.94. The lowest BCUT2D eigenvalue weighted by Crippen LogP contribution is -2.32. The van der Waals surface area contributed by atoms with Crippen molar-refractivity contribution in [1.82, 2.24) is 9.88 Å². The molecule has 2 saturated carbocycles. The zero-order valence-corrected chi connectivity index (χ0v) is 21.5. The molecular weight excluding hydrogens is 407 g/mol. The molecule has 0 bridgehead atoms. The number of hydrogen-bond donors (Lipinski definition) is 0. The molecule has 0 N–H and O–H groups in total. The quantitative estimate of drug-likeness (QED) is 0.264. The summed E-state index contributed by atoms with van der Waals surface area (Å²) in [4.78, 5) is 8.08. The van der Waals surface area contributed by atoms with Gasteiger partial charge in [-0.15, -0.1) is 0 Å². The third-order valence-corrected chi connectivity index (χ3v) is 11.9. The number of fused-ring (bicyclic) bond motifs is 1. The average Bonchev–Trinajstić information content (AvgIpc) is 2.86. The molecular formula is C29H45N2P. The molecule has 1 aromatic heterocycles. The summed E-state index contributed by atoms with van der Waals surface area (Å²) in [6, 6.07) is 13.4. The van der Waals surface area contributed by atoms with E-state index in [0.29, 0.717) is 5.78 Å². The zero-order valence-electron chi connectivity index (χ0n) is 20.6. The molecule has 1 atom stereocenters. The molecule has 1 heterocycles. The molecule has 2 aliphatic rings. The minimum absolute atomic E-state index is 0.0925. The zero-order chi connectivity index (χ0) is 22.2. The van der Waals surface area contributed by atoms with Crippen molar-refractivity contribution >= 4 is 18.8 Å². The Labute approximate surface area is 198 Å². The Balaban J connectivity index is 1.67. The van der Waals surface area contributed by atoms with Gasteiger partial charge < -0.3 is 0 Å². The Morgan fingerprint density at radius 2 is 1.50 bits per heavy atom. The summed E-state index contributed by atoms with van der Waals surface area (Å²) in [5, 5.41) is 1.28. The van der Waals surface area contributed by atoms with Gasteiger partial charge in [0.15, 0.2) is 0 Å². The van der Waals surface area contributed by atoms with Gasteiger partial charge in [-0.3, -0.25) is 9.88 Å². The van der Waals surface area contributed by atoms with Crippen LogP contribution in [-0.2, 0) is 0 Å². The van der Waals surface area contributed by atoms with Crippen molar-refractivity contribution in [2.75, 3.05) is 13.6 Å². The monoisotopic (exact) mass is 452 g/mol. The van der Waals surface area contributed by atoms with Crippen LogP contribution < -0.4 is 0 Å². The van der Waals surface area contributed by atoms with Crippen LogP contribution in [0.25, 0.3) is 10.9 Å². The predicted octanol–water partition coefficient (Wildman–Crippen LogP) is 8.89. The van der Waals surface area contributed by atoms with Crippen LogP contribution in [0, 0.1) is 0 Å². The summed E-state index contributed by atoms with van der Waals surface area (Å²) in [7, 11) is 2.33. The Kier molecular flexibility index (Phi) is 9.42. The highest BCUT2D eigenvalue weighted by Gasteiger charge is 2.39. The second-order valence-electron chi connectivity index (χ2n) is 10.4. The van der Waals surface area contributed by atoms with E-state index in [4.69, 9.17) is 4.98 Å². The Hall–Kier alpha value is -0.980. The lowest BCUT2D eigenvalue weighted by Gasteiger charge is -2.46. The van der Waals surface area contributed by atoms with Gasteiger partial charge in [-0.05, 0) is 69.1 Å². The topological polar surface area (TPSA) is 16.1 Å². The first-order chi connectivity index (χ1) is 15.8. The molecule has 2 aromatic rings. The lowest BCUT2D eigenvalue weighted by atomic mass is 9.99. The fourth-order valence-electron chi connectivity index (χ4n) is 6.20. The number of benzene rings is 1. The van der Waals surface area contributed by atoms with Crippen LogP contribution in [0.4, 0.5) is 0 Å². The van der Waals surface area contributed by atoms with Crippen molar-refractivity contribution in [2.45, 2.75) is 114 Å². The van der Waals surface area contributed by atoms with E-state index in [1.54, 1.807) is 0 Å². The molecule has 3 heteroatoms. The molecule has 32 heavy (non-hydrogen) atoms. The SMILES string of the molecule is CCCCCCN(C)C(c1ccc2ccccc2n1)P(C1CCCCC1)C1CCCCC1. The molecule has 0 amide bonds. The maximum Gasteiger partial charge on any atom is 0.0723 e. The highest BCUT2D eigenvalue weighted by Crippen LogP contribution is 2.65. The summed E-state index contributed by atoms with van der Waals surface area (Å²) in [5.74, 6) is 0.530. The van der Waals surface area contributed by atoms with Crippen LogP contribution >= 0.6 is 7.92 Å².